The number of nitrogens with zero attached hydrogens (tertiary/aromatic N) is 1. The zero-order valence-corrected chi connectivity index (χ0v) is 22.2. The number of carbonyl (C=O) groups excluding carboxylic acids is 1. The highest BCUT2D eigenvalue weighted by Gasteiger charge is 2.21. The second kappa shape index (κ2) is 12.9. The van der Waals surface area contributed by atoms with Gasteiger partial charge in [-0.25, -0.2) is 4.39 Å². The molecule has 0 aliphatic rings. The van der Waals surface area contributed by atoms with Crippen LogP contribution in [0.1, 0.15) is 76.5 Å². The topological polar surface area (TPSA) is 99.4 Å². The molecule has 2 N–H and O–H groups in total. The summed E-state index contributed by atoms with van der Waals surface area (Å²) in [7, 11) is 0. The van der Waals surface area contributed by atoms with Crippen molar-refractivity contribution in [3.63, 3.8) is 0 Å². The van der Waals surface area contributed by atoms with E-state index in [0.29, 0.717) is 28.4 Å². The Hall–Kier alpha value is -4.18. The Morgan fingerprint density at radius 2 is 1.76 bits per heavy atom. The highest BCUT2D eigenvalue weighted by atomic mass is 19.1. The van der Waals surface area contributed by atoms with Gasteiger partial charge in [-0.3, -0.25) is 9.59 Å². The number of ether oxygens (including phenoxy) is 1. The van der Waals surface area contributed by atoms with Crippen molar-refractivity contribution in [1.82, 2.24) is 5.32 Å². The number of hydrogen-bond acceptors (Lipinski definition) is 4. The molecule has 3 aromatic rings. The summed E-state index contributed by atoms with van der Waals surface area (Å²) in [6, 6.07) is 17.0. The van der Waals surface area contributed by atoms with Gasteiger partial charge in [-0.05, 0) is 73.6 Å². The summed E-state index contributed by atoms with van der Waals surface area (Å²) >= 11 is 0. The second-order valence-corrected chi connectivity index (χ2v) is 10.0. The number of amides is 1. The number of benzene rings is 3. The largest absolute Gasteiger partial charge is 0.489 e. The van der Waals surface area contributed by atoms with Crippen LogP contribution in [0.3, 0.4) is 0 Å². The molecule has 1 amide bonds. The van der Waals surface area contributed by atoms with Crippen LogP contribution in [-0.2, 0) is 17.8 Å². The van der Waals surface area contributed by atoms with Crippen LogP contribution >= 0.6 is 0 Å². The molecule has 0 bridgehead atoms. The van der Waals surface area contributed by atoms with E-state index < -0.39 is 11.8 Å². The van der Waals surface area contributed by atoms with Crippen molar-refractivity contribution in [2.24, 2.45) is 5.92 Å². The van der Waals surface area contributed by atoms with Crippen molar-refractivity contribution in [2.45, 2.75) is 59.6 Å². The molecule has 0 spiro atoms. The normalized spacial score (nSPS) is 11.6. The van der Waals surface area contributed by atoms with E-state index in [9.17, 15) is 19.1 Å². The molecule has 0 saturated carbocycles. The van der Waals surface area contributed by atoms with Crippen molar-refractivity contribution in [1.29, 1.82) is 5.26 Å². The second-order valence-electron chi connectivity index (χ2n) is 10.0. The molecule has 0 radical (unpaired) electrons. The molecule has 0 fully saturated rings. The highest BCUT2D eigenvalue weighted by Crippen LogP contribution is 2.26. The SMILES string of the molecule is Cc1cc(C)cc(C(CC(C)C)NC(=O)c2cc(OCc3ccc(F)c(C#N)c3)ccc2CCC(=O)O)c1. The molecule has 3 rings (SSSR count). The predicted octanol–water partition coefficient (Wildman–Crippen LogP) is 6.43. The fourth-order valence-corrected chi connectivity index (χ4v) is 4.43. The fraction of sp³-hybridized carbons (Fsp3) is 0.323. The van der Waals surface area contributed by atoms with Crippen molar-refractivity contribution in [2.75, 3.05) is 0 Å². The summed E-state index contributed by atoms with van der Waals surface area (Å²) in [5.41, 5.74) is 4.73. The first-order valence-corrected chi connectivity index (χ1v) is 12.6. The monoisotopic (exact) mass is 516 g/mol. The van der Waals surface area contributed by atoms with Gasteiger partial charge in [0.25, 0.3) is 5.91 Å². The minimum absolute atomic E-state index is 0.0715. The molecule has 7 heteroatoms. The maximum Gasteiger partial charge on any atom is 0.303 e. The zero-order valence-electron chi connectivity index (χ0n) is 22.2. The number of carbonyl (C=O) groups is 2. The van der Waals surface area contributed by atoms with E-state index in [0.717, 1.165) is 23.1 Å². The number of nitrogens with one attached hydrogen (secondary N) is 1. The van der Waals surface area contributed by atoms with E-state index in [-0.39, 0.29) is 37.0 Å². The lowest BCUT2D eigenvalue weighted by atomic mass is 9.93. The average molecular weight is 517 g/mol. The molecule has 0 heterocycles. The number of rotatable bonds is 11. The van der Waals surface area contributed by atoms with Gasteiger partial charge in [-0.2, -0.15) is 5.26 Å². The molecular weight excluding hydrogens is 483 g/mol. The van der Waals surface area contributed by atoms with Gasteiger partial charge >= 0.3 is 5.97 Å². The highest BCUT2D eigenvalue weighted by molar-refractivity contribution is 5.96. The minimum Gasteiger partial charge on any atom is -0.489 e. The van der Waals surface area contributed by atoms with E-state index in [1.807, 2.05) is 19.9 Å². The van der Waals surface area contributed by atoms with Gasteiger partial charge in [0.15, 0.2) is 0 Å². The zero-order chi connectivity index (χ0) is 27.8. The molecule has 6 nitrogen and oxygen atoms in total. The standard InChI is InChI=1S/C31H33FN2O4/c1-19(2)11-29(24-13-20(3)12-21(4)14-24)34-31(37)27-16-26(8-6-23(27)7-10-30(35)36)38-18-22-5-9-28(32)25(15-22)17-33/h5-6,8-9,12-16,19,29H,7,10-11,18H2,1-4H3,(H,34,37)(H,35,36). The first kappa shape index (κ1) is 28.4. The van der Waals surface area contributed by atoms with E-state index in [1.165, 1.54) is 18.2 Å². The van der Waals surface area contributed by atoms with E-state index in [1.54, 1.807) is 18.2 Å². The number of aliphatic carboxylic acids is 1. The van der Waals surface area contributed by atoms with E-state index in [4.69, 9.17) is 10.00 Å². The Morgan fingerprint density at radius 3 is 2.39 bits per heavy atom. The maximum absolute atomic E-state index is 13.6. The number of halogens is 1. The van der Waals surface area contributed by atoms with Crippen LogP contribution in [-0.4, -0.2) is 17.0 Å². The first-order chi connectivity index (χ1) is 18.0. The van der Waals surface area contributed by atoms with Crippen molar-refractivity contribution >= 4 is 11.9 Å². The summed E-state index contributed by atoms with van der Waals surface area (Å²) in [4.78, 5) is 24.8. The molecule has 1 unspecified atom stereocenters. The number of nitriles is 1. The molecule has 198 valence electrons. The third-order valence-electron chi connectivity index (χ3n) is 6.15. The van der Waals surface area contributed by atoms with Gasteiger partial charge in [-0.1, -0.05) is 55.3 Å². The lowest BCUT2D eigenvalue weighted by Gasteiger charge is -2.23. The number of hydrogen-bond donors (Lipinski definition) is 2. The van der Waals surface area contributed by atoms with Crippen molar-refractivity contribution in [3.8, 4) is 11.8 Å². The Labute approximate surface area is 223 Å². The lowest BCUT2D eigenvalue weighted by molar-refractivity contribution is -0.136. The van der Waals surface area contributed by atoms with Crippen LogP contribution in [0.15, 0.2) is 54.6 Å². The van der Waals surface area contributed by atoms with Crippen LogP contribution in [0, 0.1) is 36.9 Å². The van der Waals surface area contributed by atoms with Crippen LogP contribution < -0.4 is 10.1 Å². The van der Waals surface area contributed by atoms with E-state index >= 15 is 0 Å². The van der Waals surface area contributed by atoms with Crippen LogP contribution in [0.4, 0.5) is 4.39 Å². The third-order valence-corrected chi connectivity index (χ3v) is 6.15. The molecule has 0 aliphatic heterocycles. The third kappa shape index (κ3) is 7.91. The van der Waals surface area contributed by atoms with Gasteiger partial charge in [0.2, 0.25) is 0 Å². The maximum atomic E-state index is 13.6. The predicted molar refractivity (Wildman–Crippen MR) is 143 cm³/mol. The van der Waals surface area contributed by atoms with Gasteiger partial charge in [0.1, 0.15) is 24.2 Å². The first-order valence-electron chi connectivity index (χ1n) is 12.6. The van der Waals surface area contributed by atoms with Crippen LogP contribution in [0.5, 0.6) is 5.75 Å². The summed E-state index contributed by atoms with van der Waals surface area (Å²) in [5.74, 6) is -1.12. The van der Waals surface area contributed by atoms with Crippen LogP contribution in [0.25, 0.3) is 0 Å². The van der Waals surface area contributed by atoms with Crippen molar-refractivity contribution in [3.05, 3.63) is 99.4 Å². The Bertz CT molecular complexity index is 1340. The summed E-state index contributed by atoms with van der Waals surface area (Å²) in [6.07, 6.45) is 0.820. The average Bonchev–Trinajstić information content (AvgIpc) is 2.85. The van der Waals surface area contributed by atoms with Gasteiger partial charge in [0, 0.05) is 12.0 Å². The molecule has 0 saturated heterocycles. The number of aryl methyl sites for hydroxylation is 3. The molecule has 38 heavy (non-hydrogen) atoms. The number of carboxylic acid groups (broad SMARTS) is 1. The van der Waals surface area contributed by atoms with Gasteiger partial charge in [0.05, 0.1) is 11.6 Å². The quantitative estimate of drug-likeness (QED) is 0.306. The molecule has 3 aromatic carbocycles. The molecule has 1 atom stereocenters. The molecular formula is C31H33FN2O4. The Kier molecular flexibility index (Phi) is 9.61. The molecule has 0 aromatic heterocycles. The van der Waals surface area contributed by atoms with Gasteiger partial charge < -0.3 is 15.2 Å². The van der Waals surface area contributed by atoms with Gasteiger partial charge in [-0.15, -0.1) is 0 Å². The Balaban J connectivity index is 1.89. The minimum atomic E-state index is -0.950. The summed E-state index contributed by atoms with van der Waals surface area (Å²) in [6.45, 7) is 8.32. The Morgan fingerprint density at radius 1 is 1.05 bits per heavy atom. The smallest absolute Gasteiger partial charge is 0.303 e. The molecule has 0 aliphatic carbocycles. The number of carboxylic acids is 1. The summed E-state index contributed by atoms with van der Waals surface area (Å²) in [5, 5.41) is 21.4. The summed E-state index contributed by atoms with van der Waals surface area (Å²) < 4.78 is 19.5. The van der Waals surface area contributed by atoms with Crippen LogP contribution in [0.2, 0.25) is 0 Å². The lowest BCUT2D eigenvalue weighted by Crippen LogP contribution is -2.30. The van der Waals surface area contributed by atoms with E-state index in [2.05, 4.69) is 37.4 Å². The van der Waals surface area contributed by atoms with Crippen molar-refractivity contribution < 1.29 is 23.8 Å². The fourth-order valence-electron chi connectivity index (χ4n) is 4.43.